The largest absolute Gasteiger partial charge is 0.311 e. The minimum absolute atomic E-state index is 0.335. The normalized spacial score (nSPS) is 10.6. The van der Waals surface area contributed by atoms with Gasteiger partial charge in [-0.15, -0.1) is 0 Å². The Kier molecular flexibility index (Phi) is 8.18. The monoisotopic (exact) mass is 424 g/mol. The lowest BCUT2D eigenvalue weighted by Gasteiger charge is -2.23. The molecule has 0 aliphatic heterocycles. The van der Waals surface area contributed by atoms with Gasteiger partial charge in [0.05, 0.1) is 0 Å². The quantitative estimate of drug-likeness (QED) is 0.259. The van der Waals surface area contributed by atoms with Crippen molar-refractivity contribution in [1.29, 1.82) is 0 Å². The second-order valence-electron chi connectivity index (χ2n) is 6.92. The van der Waals surface area contributed by atoms with Crippen molar-refractivity contribution in [2.24, 2.45) is 0 Å². The lowest BCUT2D eigenvalue weighted by Crippen LogP contribution is -2.21. The highest BCUT2D eigenvalue weighted by atomic mass is 35.5. The number of hydrogen-bond donors (Lipinski definition) is 2. The molecule has 0 unspecified atom stereocenters. The number of hydrogen-bond acceptors (Lipinski definition) is 5. The molecule has 0 saturated carbocycles. The predicted octanol–water partition coefficient (Wildman–Crippen LogP) is 5.39. The van der Waals surface area contributed by atoms with E-state index < -0.39 is 0 Å². The molecule has 2 aromatic heterocycles. The van der Waals surface area contributed by atoms with Gasteiger partial charge in [-0.05, 0) is 48.7 Å². The minimum Gasteiger partial charge on any atom is -0.311 e. The van der Waals surface area contributed by atoms with Crippen molar-refractivity contribution >= 4 is 29.1 Å². The summed E-state index contributed by atoms with van der Waals surface area (Å²) in [5.41, 5.74) is 3.63. The molecule has 30 heavy (non-hydrogen) atoms. The number of nitrogens with zero attached hydrogens (tertiary/aromatic N) is 3. The summed E-state index contributed by atoms with van der Waals surface area (Å²) >= 11 is 6.38. The molecule has 0 radical (unpaired) electrons. The molecule has 0 aliphatic rings. The zero-order valence-electron chi connectivity index (χ0n) is 16.7. The summed E-state index contributed by atoms with van der Waals surface area (Å²) in [6.07, 6.45) is 7.45. The lowest BCUT2D eigenvalue weighted by molar-refractivity contribution is -0.129. The van der Waals surface area contributed by atoms with E-state index in [4.69, 9.17) is 16.8 Å². The molecule has 2 N–H and O–H groups in total. The first-order valence-electron chi connectivity index (χ1n) is 10.0. The van der Waals surface area contributed by atoms with Gasteiger partial charge in [0, 0.05) is 35.9 Å². The van der Waals surface area contributed by atoms with E-state index in [2.05, 4.69) is 14.9 Å². The highest BCUT2D eigenvalue weighted by Crippen LogP contribution is 2.31. The van der Waals surface area contributed by atoms with Crippen LogP contribution in [0.3, 0.4) is 0 Å². The molecule has 156 valence electrons. The maximum atomic E-state index is 11.1. The second-order valence-corrected chi connectivity index (χ2v) is 7.33. The summed E-state index contributed by atoms with van der Waals surface area (Å²) in [6.45, 7) is 0.752. The predicted molar refractivity (Wildman–Crippen MR) is 119 cm³/mol. The Morgan fingerprint density at radius 3 is 2.47 bits per heavy atom. The number of rotatable bonds is 10. The Bertz CT molecular complexity index is 953. The molecular formula is C23H25ClN4O2. The summed E-state index contributed by atoms with van der Waals surface area (Å²) < 4.78 is 0. The average molecular weight is 425 g/mol. The lowest BCUT2D eigenvalue weighted by atomic mass is 10.1. The number of anilines is 2. The molecule has 0 spiro atoms. The Morgan fingerprint density at radius 2 is 1.70 bits per heavy atom. The zero-order valence-corrected chi connectivity index (χ0v) is 17.4. The first-order chi connectivity index (χ1) is 14.7. The molecule has 0 saturated heterocycles. The third-order valence-electron chi connectivity index (χ3n) is 4.79. The van der Waals surface area contributed by atoms with Crippen LogP contribution in [0.25, 0.3) is 11.1 Å². The van der Waals surface area contributed by atoms with Crippen LogP contribution in [0.2, 0.25) is 5.02 Å². The number of aromatic nitrogens is 2. The van der Waals surface area contributed by atoms with Gasteiger partial charge in [-0.2, -0.15) is 0 Å². The summed E-state index contributed by atoms with van der Waals surface area (Å²) in [6, 6.07) is 17.6. The van der Waals surface area contributed by atoms with Gasteiger partial charge in [0.1, 0.15) is 11.6 Å². The van der Waals surface area contributed by atoms with Gasteiger partial charge in [0.2, 0.25) is 5.91 Å². The molecule has 0 bridgehead atoms. The molecule has 2 heterocycles. The second kappa shape index (κ2) is 11.3. The van der Waals surface area contributed by atoms with Crippen LogP contribution >= 0.6 is 11.6 Å². The van der Waals surface area contributed by atoms with Crippen molar-refractivity contribution in [2.75, 3.05) is 11.4 Å². The smallest absolute Gasteiger partial charge is 0.243 e. The maximum Gasteiger partial charge on any atom is 0.243 e. The number of benzene rings is 1. The van der Waals surface area contributed by atoms with Crippen LogP contribution in [0.15, 0.2) is 67.0 Å². The van der Waals surface area contributed by atoms with E-state index in [0.717, 1.165) is 55.0 Å². The van der Waals surface area contributed by atoms with E-state index in [0.29, 0.717) is 11.4 Å². The third kappa shape index (κ3) is 6.02. The fourth-order valence-electron chi connectivity index (χ4n) is 3.25. The average Bonchev–Trinajstić information content (AvgIpc) is 2.79. The van der Waals surface area contributed by atoms with E-state index >= 15 is 0 Å². The fraction of sp³-hybridized carbons (Fsp3) is 0.261. The molecule has 1 aromatic carbocycles. The molecule has 6 nitrogen and oxygen atoms in total. The molecular weight excluding hydrogens is 400 g/mol. The van der Waals surface area contributed by atoms with Crippen molar-refractivity contribution in [3.63, 3.8) is 0 Å². The third-order valence-corrected chi connectivity index (χ3v) is 5.12. The van der Waals surface area contributed by atoms with Gasteiger partial charge in [-0.1, -0.05) is 48.7 Å². The van der Waals surface area contributed by atoms with Gasteiger partial charge >= 0.3 is 0 Å². The molecule has 3 aromatic rings. The van der Waals surface area contributed by atoms with Crippen LogP contribution in [0, 0.1) is 0 Å². The van der Waals surface area contributed by atoms with E-state index in [-0.39, 0.29) is 5.91 Å². The highest BCUT2D eigenvalue weighted by Gasteiger charge is 2.13. The number of pyridine rings is 2. The maximum absolute atomic E-state index is 11.1. The minimum atomic E-state index is -0.342. The number of halogens is 1. The van der Waals surface area contributed by atoms with Crippen LogP contribution < -0.4 is 10.4 Å². The van der Waals surface area contributed by atoms with Crippen LogP contribution in [0.1, 0.15) is 32.1 Å². The number of carbonyl (C=O) groups is 1. The van der Waals surface area contributed by atoms with Crippen LogP contribution in [0.4, 0.5) is 11.6 Å². The first-order valence-corrected chi connectivity index (χ1v) is 10.4. The molecule has 0 fully saturated rings. The molecule has 0 atom stereocenters. The molecule has 1 amide bonds. The van der Waals surface area contributed by atoms with Crippen molar-refractivity contribution in [3.8, 4) is 11.1 Å². The van der Waals surface area contributed by atoms with Crippen molar-refractivity contribution in [1.82, 2.24) is 15.4 Å². The molecule has 0 aliphatic carbocycles. The van der Waals surface area contributed by atoms with Crippen LogP contribution in [0.5, 0.6) is 0 Å². The topological polar surface area (TPSA) is 78.4 Å². The summed E-state index contributed by atoms with van der Waals surface area (Å²) in [5.74, 6) is 1.30. The SMILES string of the molecule is O=C(CCCCCCN(c1ccccn1)c1cc(-c2ccccc2Cl)ccn1)NO. The van der Waals surface area contributed by atoms with Gasteiger partial charge in [0.25, 0.3) is 0 Å². The first kappa shape index (κ1) is 21.7. The molecule has 3 rings (SSSR count). The number of amides is 1. The Balaban J connectivity index is 1.73. The standard InChI is InChI=1S/C23H25ClN4O2/c24-20-10-5-4-9-19(20)18-13-15-26-22(17-18)28(21-11-6-7-14-25-21)16-8-2-1-3-12-23(29)27-30/h4-7,9-11,13-15,17,30H,1-3,8,12,16H2,(H,27,29). The van der Waals surface area contributed by atoms with Crippen molar-refractivity contribution < 1.29 is 10.0 Å². The summed E-state index contributed by atoms with van der Waals surface area (Å²) in [7, 11) is 0. The number of hydroxylamine groups is 1. The van der Waals surface area contributed by atoms with Crippen LogP contribution in [-0.4, -0.2) is 27.6 Å². The highest BCUT2D eigenvalue weighted by molar-refractivity contribution is 6.33. The van der Waals surface area contributed by atoms with Gasteiger partial charge in [0.15, 0.2) is 0 Å². The Hall–Kier alpha value is -2.96. The summed E-state index contributed by atoms with van der Waals surface area (Å²) in [4.78, 5) is 22.3. The number of nitrogens with one attached hydrogen (secondary N) is 1. The van der Waals surface area contributed by atoms with Crippen LogP contribution in [-0.2, 0) is 4.79 Å². The van der Waals surface area contributed by atoms with E-state index in [1.54, 1.807) is 17.9 Å². The van der Waals surface area contributed by atoms with Gasteiger partial charge in [-0.3, -0.25) is 10.0 Å². The Labute approximate surface area is 181 Å². The number of carbonyl (C=O) groups excluding carboxylic acids is 1. The van der Waals surface area contributed by atoms with Gasteiger partial charge in [-0.25, -0.2) is 15.4 Å². The zero-order chi connectivity index (χ0) is 21.2. The summed E-state index contributed by atoms with van der Waals surface area (Å²) in [5, 5.41) is 9.26. The van der Waals surface area contributed by atoms with E-state index in [1.807, 2.05) is 54.6 Å². The van der Waals surface area contributed by atoms with E-state index in [1.165, 1.54) is 0 Å². The van der Waals surface area contributed by atoms with E-state index in [9.17, 15) is 4.79 Å². The van der Waals surface area contributed by atoms with Crippen molar-refractivity contribution in [2.45, 2.75) is 32.1 Å². The van der Waals surface area contributed by atoms with Gasteiger partial charge < -0.3 is 4.90 Å². The van der Waals surface area contributed by atoms with Crippen molar-refractivity contribution in [3.05, 3.63) is 72.0 Å². The fourth-order valence-corrected chi connectivity index (χ4v) is 3.50. The Morgan fingerprint density at radius 1 is 0.933 bits per heavy atom. The number of unbranched alkanes of at least 4 members (excludes halogenated alkanes) is 3. The molecule has 7 heteroatoms.